The first-order chi connectivity index (χ1) is 13.5. The fourth-order valence-electron chi connectivity index (χ4n) is 3.46. The van der Waals surface area contributed by atoms with Crippen LogP contribution in [-0.2, 0) is 14.8 Å². The lowest BCUT2D eigenvalue weighted by atomic mass is 10.0. The summed E-state index contributed by atoms with van der Waals surface area (Å²) in [5, 5.41) is 0. The van der Waals surface area contributed by atoms with Crippen LogP contribution in [0.4, 0.5) is 0 Å². The molecule has 2 aromatic rings. The number of sulfonamides is 1. The zero-order valence-electron chi connectivity index (χ0n) is 15.8. The molecule has 0 unspecified atom stereocenters. The zero-order chi connectivity index (χ0) is 19.6. The van der Waals surface area contributed by atoms with E-state index in [2.05, 4.69) is 9.62 Å². The molecule has 2 aromatic carbocycles. The van der Waals surface area contributed by atoms with Gasteiger partial charge in [0.25, 0.3) is 0 Å². The third-order valence-electron chi connectivity index (χ3n) is 5.07. The molecule has 1 atom stereocenters. The van der Waals surface area contributed by atoms with Crippen LogP contribution < -0.4 is 14.2 Å². The molecule has 0 bridgehead atoms. The van der Waals surface area contributed by atoms with Crippen LogP contribution >= 0.6 is 0 Å². The van der Waals surface area contributed by atoms with Gasteiger partial charge in [0.05, 0.1) is 18.1 Å². The number of benzene rings is 2. The first-order valence-electron chi connectivity index (χ1n) is 9.31. The Morgan fingerprint density at radius 1 is 1.04 bits per heavy atom. The number of rotatable bonds is 6. The molecule has 7 nitrogen and oxygen atoms in total. The Balaban J connectivity index is 1.56. The first kappa shape index (κ1) is 19.2. The quantitative estimate of drug-likeness (QED) is 0.794. The van der Waals surface area contributed by atoms with Gasteiger partial charge < -0.3 is 14.2 Å². The highest BCUT2D eigenvalue weighted by atomic mass is 32.2. The second kappa shape index (κ2) is 8.08. The summed E-state index contributed by atoms with van der Waals surface area (Å²) < 4.78 is 44.6. The summed E-state index contributed by atoms with van der Waals surface area (Å²) in [6.45, 7) is 5.14. The average Bonchev–Trinajstić information content (AvgIpc) is 3.17. The molecule has 0 amide bonds. The number of morpholine rings is 1. The average molecular weight is 404 g/mol. The van der Waals surface area contributed by atoms with Gasteiger partial charge in [0.1, 0.15) is 0 Å². The largest absolute Gasteiger partial charge is 0.454 e. The van der Waals surface area contributed by atoms with Crippen LogP contribution in [0.15, 0.2) is 47.4 Å². The van der Waals surface area contributed by atoms with E-state index in [9.17, 15) is 8.42 Å². The highest BCUT2D eigenvalue weighted by Gasteiger charge is 2.27. The molecule has 4 rings (SSSR count). The Labute approximate surface area is 165 Å². The molecule has 0 saturated carbocycles. The van der Waals surface area contributed by atoms with Crippen LogP contribution in [0.25, 0.3) is 0 Å². The molecule has 1 saturated heterocycles. The van der Waals surface area contributed by atoms with E-state index >= 15 is 0 Å². The summed E-state index contributed by atoms with van der Waals surface area (Å²) in [6, 6.07) is 12.5. The summed E-state index contributed by atoms with van der Waals surface area (Å²) in [7, 11) is -3.59. The van der Waals surface area contributed by atoms with Crippen molar-refractivity contribution in [3.8, 4) is 11.5 Å². The van der Waals surface area contributed by atoms with Crippen LogP contribution in [0.3, 0.4) is 0 Å². The van der Waals surface area contributed by atoms with Crippen LogP contribution in [0.1, 0.15) is 17.2 Å². The Hall–Kier alpha value is -2.13. The van der Waals surface area contributed by atoms with Crippen molar-refractivity contribution >= 4 is 10.0 Å². The van der Waals surface area contributed by atoms with E-state index in [1.54, 1.807) is 24.3 Å². The summed E-state index contributed by atoms with van der Waals surface area (Å²) >= 11 is 0. The van der Waals surface area contributed by atoms with Gasteiger partial charge >= 0.3 is 0 Å². The van der Waals surface area contributed by atoms with Gasteiger partial charge in [-0.25, -0.2) is 13.1 Å². The molecule has 1 N–H and O–H groups in total. The van der Waals surface area contributed by atoms with Gasteiger partial charge in [-0.2, -0.15) is 0 Å². The minimum Gasteiger partial charge on any atom is -0.454 e. The molecule has 8 heteroatoms. The van der Waals surface area contributed by atoms with Gasteiger partial charge in [0.15, 0.2) is 11.5 Å². The van der Waals surface area contributed by atoms with Crippen LogP contribution in [-0.4, -0.2) is 53.0 Å². The number of hydrogen-bond donors (Lipinski definition) is 1. The molecule has 0 aromatic heterocycles. The first-order valence-corrected chi connectivity index (χ1v) is 10.8. The van der Waals surface area contributed by atoms with E-state index in [0.29, 0.717) is 24.7 Å². The van der Waals surface area contributed by atoms with E-state index in [1.165, 1.54) is 0 Å². The summed E-state index contributed by atoms with van der Waals surface area (Å²) in [5.41, 5.74) is 2.00. The molecule has 28 heavy (non-hydrogen) atoms. The van der Waals surface area contributed by atoms with Crippen molar-refractivity contribution in [2.24, 2.45) is 0 Å². The van der Waals surface area contributed by atoms with E-state index in [1.807, 2.05) is 25.1 Å². The number of fused-ring (bicyclic) bond motifs is 1. The number of nitrogens with one attached hydrogen (secondary N) is 1. The van der Waals surface area contributed by atoms with Crippen molar-refractivity contribution < 1.29 is 22.6 Å². The van der Waals surface area contributed by atoms with E-state index in [-0.39, 0.29) is 24.3 Å². The van der Waals surface area contributed by atoms with E-state index < -0.39 is 10.0 Å². The minimum absolute atomic E-state index is 0.126. The topological polar surface area (TPSA) is 77.1 Å². The van der Waals surface area contributed by atoms with E-state index in [0.717, 1.165) is 24.2 Å². The molecular formula is C20H24N2O5S. The Bertz CT molecular complexity index is 924. The zero-order valence-corrected chi connectivity index (χ0v) is 16.6. The predicted octanol–water partition coefficient (Wildman–Crippen LogP) is 2.08. The van der Waals surface area contributed by atoms with Gasteiger partial charge in [0, 0.05) is 25.7 Å². The van der Waals surface area contributed by atoms with E-state index in [4.69, 9.17) is 14.2 Å². The smallest absolute Gasteiger partial charge is 0.240 e. The van der Waals surface area contributed by atoms with Gasteiger partial charge in [-0.3, -0.25) is 4.90 Å². The van der Waals surface area contributed by atoms with Crippen molar-refractivity contribution in [3.05, 3.63) is 53.6 Å². The van der Waals surface area contributed by atoms with Crippen molar-refractivity contribution in [3.63, 3.8) is 0 Å². The lowest BCUT2D eigenvalue weighted by molar-refractivity contribution is 0.0171. The van der Waals surface area contributed by atoms with Crippen molar-refractivity contribution in [1.82, 2.24) is 9.62 Å². The molecule has 2 aliphatic heterocycles. The Morgan fingerprint density at radius 3 is 2.50 bits per heavy atom. The van der Waals surface area contributed by atoms with Crippen LogP contribution in [0.2, 0.25) is 0 Å². The predicted molar refractivity (Wildman–Crippen MR) is 104 cm³/mol. The third-order valence-corrected chi connectivity index (χ3v) is 6.51. The van der Waals surface area contributed by atoms with Crippen molar-refractivity contribution in [1.29, 1.82) is 0 Å². The third kappa shape index (κ3) is 4.15. The van der Waals surface area contributed by atoms with Crippen molar-refractivity contribution in [2.45, 2.75) is 17.9 Å². The molecule has 0 radical (unpaired) electrons. The lowest BCUT2D eigenvalue weighted by Crippen LogP contribution is -2.43. The number of aryl methyl sites for hydroxylation is 1. The molecule has 2 heterocycles. The highest BCUT2D eigenvalue weighted by Crippen LogP contribution is 2.35. The highest BCUT2D eigenvalue weighted by molar-refractivity contribution is 7.89. The summed E-state index contributed by atoms with van der Waals surface area (Å²) in [5.74, 6) is 1.40. The Kier molecular flexibility index (Phi) is 5.54. The summed E-state index contributed by atoms with van der Waals surface area (Å²) in [4.78, 5) is 2.50. The van der Waals surface area contributed by atoms with Gasteiger partial charge in [-0.1, -0.05) is 23.8 Å². The standard InChI is InChI=1S/C20H24N2O5S/c1-15-2-5-17(6-3-15)28(23,24)21-13-18(22-8-10-25-11-9-22)16-4-7-19-20(12-16)27-14-26-19/h2-7,12,18,21H,8-11,13-14H2,1H3/t18-/m0/s1. The molecular weight excluding hydrogens is 380 g/mol. The number of hydrogen-bond acceptors (Lipinski definition) is 6. The molecule has 1 fully saturated rings. The second-order valence-corrected chi connectivity index (χ2v) is 8.71. The lowest BCUT2D eigenvalue weighted by Gasteiger charge is -2.35. The maximum Gasteiger partial charge on any atom is 0.240 e. The SMILES string of the molecule is Cc1ccc(S(=O)(=O)NC[C@@H](c2ccc3c(c2)OCO3)N2CCOCC2)cc1. The maximum absolute atomic E-state index is 12.8. The van der Waals surface area contributed by atoms with Gasteiger partial charge in [-0.05, 0) is 36.8 Å². The van der Waals surface area contributed by atoms with Crippen LogP contribution in [0.5, 0.6) is 11.5 Å². The Morgan fingerprint density at radius 2 is 1.75 bits per heavy atom. The molecule has 2 aliphatic rings. The maximum atomic E-state index is 12.8. The van der Waals surface area contributed by atoms with Crippen molar-refractivity contribution in [2.75, 3.05) is 39.6 Å². The molecule has 0 spiro atoms. The number of nitrogens with zero attached hydrogens (tertiary/aromatic N) is 1. The molecule has 150 valence electrons. The monoisotopic (exact) mass is 404 g/mol. The summed E-state index contributed by atoms with van der Waals surface area (Å²) in [6.07, 6.45) is 0. The normalized spacial score (nSPS) is 18.2. The molecule has 0 aliphatic carbocycles. The minimum atomic E-state index is -3.59. The second-order valence-electron chi connectivity index (χ2n) is 6.94. The fraction of sp³-hybridized carbons (Fsp3) is 0.400. The van der Waals surface area contributed by atoms with Crippen LogP contribution in [0, 0.1) is 6.92 Å². The fourth-order valence-corrected chi connectivity index (χ4v) is 4.50. The number of ether oxygens (including phenoxy) is 3. The van der Waals surface area contributed by atoms with Gasteiger partial charge in [-0.15, -0.1) is 0 Å². The van der Waals surface area contributed by atoms with Gasteiger partial charge in [0.2, 0.25) is 16.8 Å².